The third-order valence-electron chi connectivity index (χ3n) is 9.30. The molecule has 15 nitrogen and oxygen atoms in total. The van der Waals surface area contributed by atoms with E-state index in [0.29, 0.717) is 70.3 Å². The summed E-state index contributed by atoms with van der Waals surface area (Å²) in [5, 5.41) is 7.57. The van der Waals surface area contributed by atoms with Gasteiger partial charge < -0.3 is 42.4 Å². The molecule has 0 aliphatic heterocycles. The molecule has 72 heavy (non-hydrogen) atoms. The molecule has 2 N–H and O–H groups in total. The Morgan fingerprint density at radius 3 is 1.33 bits per heavy atom. The summed E-state index contributed by atoms with van der Waals surface area (Å²) in [6, 6.07) is 40.3. The average molecular weight is 1050 g/mol. The molecule has 2 heterocycles. The number of aromatic nitrogens is 4. The molecule has 0 aliphatic carbocycles. The number of nitrogens with one attached hydrogen (secondary N) is 1. The van der Waals surface area contributed by atoms with Gasteiger partial charge in [-0.15, -0.1) is 0 Å². The van der Waals surface area contributed by atoms with Crippen molar-refractivity contribution in [1.29, 1.82) is 0 Å². The van der Waals surface area contributed by atoms with E-state index in [9.17, 15) is 9.59 Å². The number of hydrogen-bond acceptors (Lipinski definition) is 13. The third kappa shape index (κ3) is 27.5. The normalized spacial score (nSPS) is 11.2. The molecule has 0 radical (unpaired) electrons. The maximum Gasteiger partial charge on any atom is 0.330 e. The summed E-state index contributed by atoms with van der Waals surface area (Å²) in [7, 11) is -3.31. The van der Waals surface area contributed by atoms with Gasteiger partial charge in [0.1, 0.15) is 25.0 Å². The molecule has 0 atom stereocenters. The maximum atomic E-state index is 12.0. The fraction of sp³-hybridized carbons (Fsp3) is 0.407. The highest BCUT2D eigenvalue weighted by Gasteiger charge is 2.22. The molecule has 0 saturated heterocycles. The summed E-state index contributed by atoms with van der Waals surface area (Å²) in [6.45, 7) is 21.8. The number of ether oxygens (including phenoxy) is 6. The molecule has 0 spiro atoms. The van der Waals surface area contributed by atoms with Crippen LogP contribution in [0.2, 0.25) is 39.3 Å². The molecular weight excluding hydrogens is 972 g/mol. The number of aliphatic hydroxyl groups excluding tert-OH is 1. The van der Waals surface area contributed by atoms with E-state index < -0.39 is 27.9 Å². The van der Waals surface area contributed by atoms with Gasteiger partial charge in [-0.3, -0.25) is 14.3 Å². The van der Waals surface area contributed by atoms with Gasteiger partial charge in [0.25, 0.3) is 5.56 Å². The van der Waals surface area contributed by atoms with Crippen LogP contribution >= 0.6 is 11.6 Å². The number of benzene rings is 4. The Bertz CT molecular complexity index is 2370. The van der Waals surface area contributed by atoms with Gasteiger partial charge in [-0.25, -0.2) is 9.78 Å². The van der Waals surface area contributed by atoms with Crippen LogP contribution < -0.4 is 20.1 Å². The monoisotopic (exact) mass is 1050 g/mol. The molecule has 392 valence electrons. The highest BCUT2D eigenvalue weighted by atomic mass is 35.5. The van der Waals surface area contributed by atoms with Crippen molar-refractivity contribution in [2.75, 3.05) is 39.1 Å². The van der Waals surface area contributed by atoms with E-state index >= 15 is 0 Å². The number of halogens is 1. The van der Waals surface area contributed by atoms with Crippen molar-refractivity contribution in [3.05, 3.63) is 188 Å². The molecule has 2 aromatic heterocycles. The van der Waals surface area contributed by atoms with Gasteiger partial charge >= 0.3 is 11.7 Å². The molecule has 18 heteroatoms. The number of hydrogen-bond donors (Lipinski definition) is 2. The number of nitrogens with zero attached hydrogens (tertiary/aromatic N) is 3. The van der Waals surface area contributed by atoms with Crippen LogP contribution in [0.4, 0.5) is 0 Å². The molecule has 6 aromatic rings. The first-order valence-corrected chi connectivity index (χ1v) is 31.2. The Kier molecular flexibility index (Phi) is 28.9. The Morgan fingerprint density at radius 1 is 0.597 bits per heavy atom. The number of aryl methyl sites for hydroxylation is 2. The van der Waals surface area contributed by atoms with E-state index in [0.717, 1.165) is 27.8 Å². The van der Waals surface area contributed by atoms with Gasteiger partial charge in [0.2, 0.25) is 22.5 Å². The summed E-state index contributed by atoms with van der Waals surface area (Å²) in [4.78, 5) is 34.3. The van der Waals surface area contributed by atoms with Crippen molar-refractivity contribution < 1.29 is 42.4 Å². The largest absolute Gasteiger partial charge is 0.531 e. The number of alkyl halides is 1. The molecule has 0 amide bonds. The third-order valence-corrected chi connectivity index (χ3v) is 11.0. The first kappa shape index (κ1) is 61.0. The van der Waals surface area contributed by atoms with Crippen molar-refractivity contribution in [1.82, 2.24) is 19.5 Å². The van der Waals surface area contributed by atoms with Gasteiger partial charge in [0, 0.05) is 30.1 Å². The van der Waals surface area contributed by atoms with Crippen LogP contribution in [-0.2, 0) is 61.6 Å². The van der Waals surface area contributed by atoms with Crippen LogP contribution in [0.1, 0.15) is 40.3 Å². The maximum absolute atomic E-state index is 12.0. The topological polar surface area (TPSA) is 175 Å². The highest BCUT2D eigenvalue weighted by molar-refractivity contribution is 6.70. The zero-order chi connectivity index (χ0) is 52.6. The summed E-state index contributed by atoms with van der Waals surface area (Å²) < 4.78 is 47.2. The van der Waals surface area contributed by atoms with Gasteiger partial charge in [0.15, 0.2) is 0 Å². The second-order valence-electron chi connectivity index (χ2n) is 18.2. The fourth-order valence-electron chi connectivity index (χ4n) is 5.94. The minimum Gasteiger partial charge on any atom is -0.531 e. The number of H-pyrrole nitrogens is 1. The summed E-state index contributed by atoms with van der Waals surface area (Å²) in [5.41, 5.74) is 4.88. The molecular formula is C54H75ClN4O11Si2. The van der Waals surface area contributed by atoms with Crippen LogP contribution in [0.3, 0.4) is 0 Å². The van der Waals surface area contributed by atoms with E-state index in [2.05, 4.69) is 54.2 Å². The zero-order valence-electron chi connectivity index (χ0n) is 43.4. The highest BCUT2D eigenvalue weighted by Crippen LogP contribution is 2.21. The van der Waals surface area contributed by atoms with Crippen LogP contribution in [0.15, 0.2) is 143 Å². The van der Waals surface area contributed by atoms with Crippen molar-refractivity contribution in [2.24, 2.45) is 0 Å². The Balaban J connectivity index is 0.000000289. The van der Waals surface area contributed by atoms with Crippen molar-refractivity contribution in [3.8, 4) is 11.9 Å². The zero-order valence-corrected chi connectivity index (χ0v) is 46.1. The lowest BCUT2D eigenvalue weighted by Crippen LogP contribution is -2.34. The Hall–Kier alpha value is -5.32. The van der Waals surface area contributed by atoms with Crippen molar-refractivity contribution in [2.45, 2.75) is 105 Å². The second kappa shape index (κ2) is 34.2. The predicted molar refractivity (Wildman–Crippen MR) is 288 cm³/mol. The number of rotatable bonds is 25. The van der Waals surface area contributed by atoms with Crippen molar-refractivity contribution in [3.63, 3.8) is 0 Å². The predicted octanol–water partition coefficient (Wildman–Crippen LogP) is 9.83. The molecule has 0 saturated carbocycles. The van der Waals surface area contributed by atoms with Gasteiger partial charge in [-0.1, -0.05) is 133 Å². The van der Waals surface area contributed by atoms with Gasteiger partial charge in [-0.05, 0) is 82.3 Å². The van der Waals surface area contributed by atoms with Crippen LogP contribution in [0.25, 0.3) is 0 Å². The van der Waals surface area contributed by atoms with Crippen LogP contribution in [0.5, 0.6) is 11.9 Å². The quantitative estimate of drug-likeness (QED) is 0.0410. The fourth-order valence-corrected chi connectivity index (χ4v) is 7.55. The van der Waals surface area contributed by atoms with E-state index in [1.807, 2.05) is 128 Å². The van der Waals surface area contributed by atoms with E-state index in [-0.39, 0.29) is 31.6 Å². The van der Waals surface area contributed by atoms with Crippen LogP contribution in [0, 0.1) is 13.8 Å². The SMILES string of the molecule is CCO.Cc1cn(COC(COCc2ccccc2)COCc2ccccc2)c(=O)[nH]c1=O.Cc1cnc(O[Si](C)(C)C)nc1O[Si](C)(C)C.ClCOC(COCc1ccccc1)COCc1ccccc1. The summed E-state index contributed by atoms with van der Waals surface area (Å²) in [5.74, 6) is 0.660. The summed E-state index contributed by atoms with van der Waals surface area (Å²) in [6.07, 6.45) is 2.70. The van der Waals surface area contributed by atoms with E-state index in [4.69, 9.17) is 54.0 Å². The number of aliphatic hydroxyl groups is 1. The Labute approximate surface area is 432 Å². The smallest absolute Gasteiger partial charge is 0.330 e. The number of aromatic amines is 1. The Morgan fingerprint density at radius 2 is 0.972 bits per heavy atom. The molecule has 0 fully saturated rings. The van der Waals surface area contributed by atoms with Gasteiger partial charge in [0.05, 0.1) is 52.9 Å². The minimum absolute atomic E-state index is 0.00941. The lowest BCUT2D eigenvalue weighted by molar-refractivity contribution is -0.0883. The average Bonchev–Trinajstić information content (AvgIpc) is 3.34. The van der Waals surface area contributed by atoms with Crippen molar-refractivity contribution >= 4 is 28.2 Å². The second-order valence-corrected chi connectivity index (χ2v) is 27.3. The first-order chi connectivity index (χ1) is 34.5. The van der Waals surface area contributed by atoms with E-state index in [1.165, 1.54) is 10.8 Å². The van der Waals surface area contributed by atoms with Gasteiger partial charge in [-0.2, -0.15) is 4.98 Å². The lowest BCUT2D eigenvalue weighted by atomic mass is 10.2. The minimum atomic E-state index is -1.67. The lowest BCUT2D eigenvalue weighted by Gasteiger charge is -2.21. The molecule has 0 bridgehead atoms. The molecule has 0 aliphatic rings. The summed E-state index contributed by atoms with van der Waals surface area (Å²) >= 11 is 5.65. The molecule has 0 unspecified atom stereocenters. The molecule has 6 rings (SSSR count). The first-order valence-electron chi connectivity index (χ1n) is 23.9. The van der Waals surface area contributed by atoms with Crippen LogP contribution in [-0.4, -0.2) is 92.6 Å². The standard InChI is InChI=1S/C23H26N2O5.C18H21ClO3.C11H22N2O2Si2.C2H6O/c1-18-12-25(23(27)24-22(18)26)17-30-21(15-28-13-19-8-4-2-5-9-19)16-29-14-20-10-6-3-7-11-20;19-15-22-18(13-20-11-16-7-3-1-4-8-16)14-21-12-17-9-5-2-6-10-17;1-9-8-12-11(15-17(5,6)7)13-10(9)14-16(2,3)4;1-2-3/h2-12,21H,13-17H2,1H3,(H,24,26,27);1-10,18H,11-15H2;8H,1-7H3;3H,2H2,1H3. The molecule has 4 aromatic carbocycles. The van der Waals surface area contributed by atoms with E-state index in [1.54, 1.807) is 20.0 Å².